The monoisotopic (exact) mass is 375 g/mol. The van der Waals surface area contributed by atoms with Gasteiger partial charge in [0.15, 0.2) is 0 Å². The van der Waals surface area contributed by atoms with Crippen LogP contribution < -0.4 is 10.0 Å². The number of carbonyl (C=O) groups excluding carboxylic acids is 1. The van der Waals surface area contributed by atoms with Crippen LogP contribution in [-0.2, 0) is 14.8 Å². The number of hydrogen-bond donors (Lipinski definition) is 2. The highest BCUT2D eigenvalue weighted by atomic mass is 32.2. The highest BCUT2D eigenvalue weighted by molar-refractivity contribution is 7.89. The van der Waals surface area contributed by atoms with Crippen LogP contribution in [0.5, 0.6) is 0 Å². The molecule has 0 unspecified atom stereocenters. The van der Waals surface area contributed by atoms with Crippen LogP contribution in [0.15, 0.2) is 65.6 Å². The quantitative estimate of drug-likeness (QED) is 0.315. The Labute approximate surface area is 150 Å². The van der Waals surface area contributed by atoms with Crippen molar-refractivity contribution < 1.29 is 18.1 Å². The molecule has 0 fully saturated rings. The van der Waals surface area contributed by atoms with Gasteiger partial charge in [0.2, 0.25) is 15.9 Å². The molecule has 0 saturated heterocycles. The van der Waals surface area contributed by atoms with E-state index in [1.807, 2.05) is 30.3 Å². The Morgan fingerprint density at radius 3 is 2.50 bits per heavy atom. The van der Waals surface area contributed by atoms with Crippen LogP contribution in [0.4, 0.5) is 5.69 Å². The SMILES string of the molecule is O=C(/C=C/c1ccccc1)NCCNS(=O)(=O)c1cccc([N+](=O)[O-])c1. The Morgan fingerprint density at radius 2 is 1.81 bits per heavy atom. The third-order valence-corrected chi connectivity index (χ3v) is 4.74. The van der Waals surface area contributed by atoms with E-state index in [1.54, 1.807) is 6.08 Å². The molecule has 1 amide bonds. The van der Waals surface area contributed by atoms with E-state index in [1.165, 1.54) is 24.3 Å². The lowest BCUT2D eigenvalue weighted by Gasteiger charge is -2.07. The van der Waals surface area contributed by atoms with Gasteiger partial charge in [-0.3, -0.25) is 14.9 Å². The average molecular weight is 375 g/mol. The zero-order valence-electron chi connectivity index (χ0n) is 13.7. The number of nitro benzene ring substituents is 1. The fourth-order valence-electron chi connectivity index (χ4n) is 2.01. The third kappa shape index (κ3) is 5.80. The second kappa shape index (κ2) is 8.88. The normalized spacial score (nSPS) is 11.4. The van der Waals surface area contributed by atoms with E-state index in [4.69, 9.17) is 0 Å². The third-order valence-electron chi connectivity index (χ3n) is 3.28. The Bertz CT molecular complexity index is 911. The molecule has 0 heterocycles. The van der Waals surface area contributed by atoms with E-state index >= 15 is 0 Å². The predicted octanol–water partition coefficient (Wildman–Crippen LogP) is 1.70. The van der Waals surface area contributed by atoms with E-state index < -0.39 is 14.9 Å². The van der Waals surface area contributed by atoms with Gasteiger partial charge in [-0.05, 0) is 17.7 Å². The summed E-state index contributed by atoms with van der Waals surface area (Å²) >= 11 is 0. The Morgan fingerprint density at radius 1 is 1.08 bits per heavy atom. The van der Waals surface area contributed by atoms with Gasteiger partial charge in [0.05, 0.1) is 9.82 Å². The number of benzene rings is 2. The first kappa shape index (κ1) is 19.3. The highest BCUT2D eigenvalue weighted by Crippen LogP contribution is 2.16. The lowest BCUT2D eigenvalue weighted by atomic mass is 10.2. The summed E-state index contributed by atoms with van der Waals surface area (Å²) in [6.45, 7) is 0.0298. The minimum absolute atomic E-state index is 0.0457. The lowest BCUT2D eigenvalue weighted by Crippen LogP contribution is -2.34. The Hall–Kier alpha value is -3.04. The molecule has 0 saturated carbocycles. The molecule has 2 aromatic carbocycles. The molecule has 2 N–H and O–H groups in total. The molecule has 0 atom stereocenters. The van der Waals surface area contributed by atoms with E-state index in [-0.39, 0.29) is 29.6 Å². The van der Waals surface area contributed by atoms with Crippen LogP contribution in [-0.4, -0.2) is 32.3 Å². The van der Waals surface area contributed by atoms with Gasteiger partial charge in [0, 0.05) is 31.3 Å². The molecule has 0 aromatic heterocycles. The maximum atomic E-state index is 12.1. The number of nitrogens with one attached hydrogen (secondary N) is 2. The number of hydrogen-bond acceptors (Lipinski definition) is 5. The van der Waals surface area contributed by atoms with Gasteiger partial charge in [0.25, 0.3) is 5.69 Å². The molecule has 0 aliphatic carbocycles. The van der Waals surface area contributed by atoms with E-state index in [2.05, 4.69) is 10.0 Å². The fourth-order valence-corrected chi connectivity index (χ4v) is 3.08. The second-order valence-electron chi connectivity index (χ2n) is 5.19. The largest absolute Gasteiger partial charge is 0.351 e. The Kier molecular flexibility index (Phi) is 6.59. The standard InChI is InChI=1S/C17H17N3O5S/c21-17(10-9-14-5-2-1-3-6-14)18-11-12-19-26(24,25)16-8-4-7-15(13-16)20(22)23/h1-10,13,19H,11-12H2,(H,18,21)/b10-9+. The number of non-ortho nitro benzene ring substituents is 1. The summed E-state index contributed by atoms with van der Waals surface area (Å²) < 4.78 is 26.5. The van der Waals surface area contributed by atoms with Gasteiger partial charge in [-0.1, -0.05) is 36.4 Å². The van der Waals surface area contributed by atoms with Gasteiger partial charge in [0.1, 0.15) is 0 Å². The molecule has 0 spiro atoms. The van der Waals surface area contributed by atoms with E-state index in [0.717, 1.165) is 11.6 Å². The van der Waals surface area contributed by atoms with Crippen molar-refractivity contribution in [1.82, 2.24) is 10.0 Å². The van der Waals surface area contributed by atoms with Crippen molar-refractivity contribution in [3.05, 3.63) is 76.4 Å². The number of carbonyl (C=O) groups is 1. The van der Waals surface area contributed by atoms with Crippen molar-refractivity contribution in [2.45, 2.75) is 4.90 Å². The molecule has 9 heteroatoms. The first-order valence-electron chi connectivity index (χ1n) is 7.63. The molecule has 8 nitrogen and oxygen atoms in total. The van der Waals surface area contributed by atoms with Crippen LogP contribution in [0.2, 0.25) is 0 Å². The van der Waals surface area contributed by atoms with E-state index in [0.29, 0.717) is 0 Å². The zero-order valence-corrected chi connectivity index (χ0v) is 14.5. The van der Waals surface area contributed by atoms with Crippen LogP contribution in [0.3, 0.4) is 0 Å². The molecule has 0 bridgehead atoms. The van der Waals surface area contributed by atoms with Crippen molar-refractivity contribution >= 4 is 27.7 Å². The van der Waals surface area contributed by atoms with Crippen LogP contribution in [0.25, 0.3) is 6.08 Å². The van der Waals surface area contributed by atoms with Crippen molar-refractivity contribution in [3.63, 3.8) is 0 Å². The maximum absolute atomic E-state index is 12.1. The molecule has 2 aromatic rings. The molecule has 136 valence electrons. The Balaban J connectivity index is 1.83. The van der Waals surface area contributed by atoms with E-state index in [9.17, 15) is 23.3 Å². The maximum Gasteiger partial charge on any atom is 0.270 e. The highest BCUT2D eigenvalue weighted by Gasteiger charge is 2.16. The molecule has 0 aliphatic heterocycles. The van der Waals surface area contributed by atoms with Gasteiger partial charge < -0.3 is 5.32 Å². The van der Waals surface area contributed by atoms with Gasteiger partial charge >= 0.3 is 0 Å². The van der Waals surface area contributed by atoms with Crippen molar-refractivity contribution in [1.29, 1.82) is 0 Å². The van der Waals surface area contributed by atoms with Crippen molar-refractivity contribution in [2.75, 3.05) is 13.1 Å². The summed E-state index contributed by atoms with van der Waals surface area (Å²) in [4.78, 5) is 21.5. The van der Waals surface area contributed by atoms with Gasteiger partial charge in [-0.15, -0.1) is 0 Å². The summed E-state index contributed by atoms with van der Waals surface area (Å²) in [5.41, 5.74) is 0.557. The number of amides is 1. The number of rotatable bonds is 8. The summed E-state index contributed by atoms with van der Waals surface area (Å²) in [6.07, 6.45) is 2.99. The number of nitro groups is 1. The van der Waals surface area contributed by atoms with Gasteiger partial charge in [-0.2, -0.15) is 0 Å². The molecule has 2 rings (SSSR count). The van der Waals surface area contributed by atoms with Crippen molar-refractivity contribution in [2.24, 2.45) is 0 Å². The summed E-state index contributed by atoms with van der Waals surface area (Å²) in [5.74, 6) is -0.358. The smallest absolute Gasteiger partial charge is 0.270 e. The first-order chi connectivity index (χ1) is 12.4. The molecular formula is C17H17N3O5S. The molecule has 0 aliphatic rings. The fraction of sp³-hybridized carbons (Fsp3) is 0.118. The van der Waals surface area contributed by atoms with Crippen LogP contribution in [0.1, 0.15) is 5.56 Å². The zero-order chi connectivity index (χ0) is 19.0. The van der Waals surface area contributed by atoms with Gasteiger partial charge in [-0.25, -0.2) is 13.1 Å². The predicted molar refractivity (Wildman–Crippen MR) is 96.8 cm³/mol. The van der Waals surface area contributed by atoms with Crippen molar-refractivity contribution in [3.8, 4) is 0 Å². The summed E-state index contributed by atoms with van der Waals surface area (Å²) in [5, 5.41) is 13.3. The minimum Gasteiger partial charge on any atom is -0.351 e. The average Bonchev–Trinajstić information content (AvgIpc) is 2.64. The number of nitrogens with zero attached hydrogens (tertiary/aromatic N) is 1. The minimum atomic E-state index is -3.89. The summed E-state index contributed by atoms with van der Waals surface area (Å²) in [7, 11) is -3.89. The van der Waals surface area contributed by atoms with Crippen LogP contribution in [0, 0.1) is 10.1 Å². The van der Waals surface area contributed by atoms with Crippen LogP contribution >= 0.6 is 0 Å². The molecule has 26 heavy (non-hydrogen) atoms. The topological polar surface area (TPSA) is 118 Å². The molecule has 0 radical (unpaired) electrons. The first-order valence-corrected chi connectivity index (χ1v) is 9.12. The second-order valence-corrected chi connectivity index (χ2v) is 6.95. The molecular weight excluding hydrogens is 358 g/mol. The number of sulfonamides is 1. The summed E-state index contributed by atoms with van der Waals surface area (Å²) in [6, 6.07) is 14.0. The lowest BCUT2D eigenvalue weighted by molar-refractivity contribution is -0.385.